The number of rotatable bonds is 5. The van der Waals surface area contributed by atoms with E-state index in [4.69, 9.17) is 0 Å². The van der Waals surface area contributed by atoms with E-state index in [0.717, 1.165) is 16.9 Å². The van der Waals surface area contributed by atoms with Crippen molar-refractivity contribution in [3.8, 4) is 5.69 Å². The molecular formula is C28H24F2N4O2S. The van der Waals surface area contributed by atoms with Crippen molar-refractivity contribution in [2.24, 2.45) is 11.3 Å². The van der Waals surface area contributed by atoms with Gasteiger partial charge in [0.1, 0.15) is 17.3 Å². The fraction of sp³-hybridized carbons (Fsp3) is 0.250. The Hall–Kier alpha value is -3.40. The van der Waals surface area contributed by atoms with Crippen LogP contribution in [0.2, 0.25) is 0 Å². The number of nitrogens with zero attached hydrogens (tertiary/aromatic N) is 4. The first-order chi connectivity index (χ1) is 17.9. The molecule has 0 saturated carbocycles. The highest BCUT2D eigenvalue weighted by Crippen LogP contribution is 2.48. The zero-order chi connectivity index (χ0) is 25.6. The minimum absolute atomic E-state index is 0.0360. The number of fused-ring (bicyclic) bond motifs is 2. The number of hydrogen-bond acceptors (Lipinski definition) is 5. The lowest BCUT2D eigenvalue weighted by Crippen LogP contribution is -2.57. The van der Waals surface area contributed by atoms with Crippen molar-refractivity contribution in [3.63, 3.8) is 0 Å². The van der Waals surface area contributed by atoms with Gasteiger partial charge in [0, 0.05) is 24.5 Å². The van der Waals surface area contributed by atoms with Crippen molar-refractivity contribution >= 4 is 17.1 Å². The first-order valence-corrected chi connectivity index (χ1v) is 13.3. The van der Waals surface area contributed by atoms with Gasteiger partial charge >= 0.3 is 0 Å². The molecule has 1 fully saturated rings. The molecule has 1 aliphatic heterocycles. The Morgan fingerprint density at radius 3 is 2.65 bits per heavy atom. The first-order valence-electron chi connectivity index (χ1n) is 12.1. The van der Waals surface area contributed by atoms with Crippen LogP contribution in [-0.2, 0) is 24.2 Å². The van der Waals surface area contributed by atoms with Crippen LogP contribution in [-0.4, -0.2) is 42.5 Å². The second-order valence-corrected chi connectivity index (χ2v) is 11.1. The van der Waals surface area contributed by atoms with Gasteiger partial charge in [0.05, 0.1) is 35.2 Å². The van der Waals surface area contributed by atoms with Crippen LogP contribution in [0.15, 0.2) is 84.0 Å². The van der Waals surface area contributed by atoms with Gasteiger partial charge in [0.25, 0.3) is 0 Å². The maximum absolute atomic E-state index is 14.1. The number of carbonyl (C=O) groups is 1. The molecule has 1 saturated heterocycles. The Kier molecular flexibility index (Phi) is 6.14. The molecule has 6 nitrogen and oxygen atoms in total. The van der Waals surface area contributed by atoms with Crippen LogP contribution in [0.5, 0.6) is 0 Å². The molecule has 0 bridgehead atoms. The van der Waals surface area contributed by atoms with E-state index in [9.17, 15) is 18.1 Å². The summed E-state index contributed by atoms with van der Waals surface area (Å²) in [6.07, 6.45) is 5.02. The summed E-state index contributed by atoms with van der Waals surface area (Å²) in [4.78, 5) is 18.8. The number of Topliss-reactive ketones (excluding diaryl/α,β-unsaturated/α-hetero) is 1. The van der Waals surface area contributed by atoms with E-state index in [1.165, 1.54) is 24.3 Å². The fourth-order valence-corrected chi connectivity index (χ4v) is 7.03. The third-order valence-electron chi connectivity index (χ3n) is 7.52. The normalized spacial score (nSPS) is 22.2. The topological polar surface area (TPSA) is 74.1 Å². The number of ketones is 1. The fourth-order valence-electron chi connectivity index (χ4n) is 5.70. The molecule has 4 aromatic rings. The molecule has 37 heavy (non-hydrogen) atoms. The van der Waals surface area contributed by atoms with E-state index < -0.39 is 22.6 Å². The maximum Gasteiger partial charge on any atom is 0.189 e. The van der Waals surface area contributed by atoms with E-state index in [0.29, 0.717) is 36.4 Å². The van der Waals surface area contributed by atoms with Crippen LogP contribution in [0.25, 0.3) is 5.69 Å². The molecule has 0 amide bonds. The monoisotopic (exact) mass is 518 g/mol. The van der Waals surface area contributed by atoms with Crippen molar-refractivity contribution in [2.75, 3.05) is 13.1 Å². The molecule has 188 valence electrons. The van der Waals surface area contributed by atoms with Gasteiger partial charge in [0.15, 0.2) is 10.7 Å². The molecule has 3 heterocycles. The molecule has 3 atom stereocenters. The number of hydrogen-bond donors (Lipinski definition) is 0. The Morgan fingerprint density at radius 1 is 1.05 bits per heavy atom. The lowest BCUT2D eigenvalue weighted by Gasteiger charge is -2.48. The highest BCUT2D eigenvalue weighted by molar-refractivity contribution is 7.89. The number of benzene rings is 2. The van der Waals surface area contributed by atoms with E-state index in [1.54, 1.807) is 59.2 Å². The molecule has 9 heteroatoms. The van der Waals surface area contributed by atoms with Gasteiger partial charge in [-0.3, -0.25) is 9.78 Å². The third kappa shape index (κ3) is 4.27. The molecule has 6 rings (SSSR count). The Bertz CT molecular complexity index is 1450. The van der Waals surface area contributed by atoms with Crippen LogP contribution in [0.3, 0.4) is 0 Å². The van der Waals surface area contributed by atoms with Gasteiger partial charge in [-0.25, -0.2) is 13.5 Å². The standard InChI is InChI=1S/C28H24F2N4O2S/c29-21-7-9-23(10-8-21)34-26-14-20-11-13-33(37(36)24-5-3-4-22(30)15-24)18-28(20,16-19(26)17-32-34)27(35)25-6-1-2-12-31-25/h1-10,12,15,17,20H,11,13-14,16,18H2. The lowest BCUT2D eigenvalue weighted by atomic mass is 9.60. The Morgan fingerprint density at radius 2 is 1.89 bits per heavy atom. The summed E-state index contributed by atoms with van der Waals surface area (Å²) in [5, 5.41) is 4.58. The molecule has 2 aliphatic rings. The van der Waals surface area contributed by atoms with Crippen molar-refractivity contribution in [3.05, 3.63) is 108 Å². The molecule has 2 aromatic carbocycles. The average molecular weight is 519 g/mol. The average Bonchev–Trinajstić information content (AvgIpc) is 3.33. The summed E-state index contributed by atoms with van der Waals surface area (Å²) in [5.41, 5.74) is 2.21. The zero-order valence-corrected chi connectivity index (χ0v) is 20.7. The Balaban J connectivity index is 1.39. The number of pyridine rings is 1. The first kappa shape index (κ1) is 24.0. The van der Waals surface area contributed by atoms with Crippen molar-refractivity contribution in [2.45, 2.75) is 24.2 Å². The predicted octanol–water partition coefficient (Wildman–Crippen LogP) is 4.56. The van der Waals surface area contributed by atoms with Gasteiger partial charge in [0.2, 0.25) is 0 Å². The van der Waals surface area contributed by atoms with E-state index in [-0.39, 0.29) is 24.1 Å². The van der Waals surface area contributed by atoms with Crippen molar-refractivity contribution in [1.29, 1.82) is 0 Å². The van der Waals surface area contributed by atoms with Crippen LogP contribution in [0, 0.1) is 23.0 Å². The highest BCUT2D eigenvalue weighted by Gasteiger charge is 2.55. The van der Waals surface area contributed by atoms with Gasteiger partial charge in [-0.1, -0.05) is 12.1 Å². The summed E-state index contributed by atoms with van der Waals surface area (Å²) in [6.45, 7) is 0.766. The van der Waals surface area contributed by atoms with Gasteiger partial charge < -0.3 is 4.55 Å². The van der Waals surface area contributed by atoms with Crippen molar-refractivity contribution in [1.82, 2.24) is 19.1 Å². The molecule has 0 N–H and O–H groups in total. The molecule has 2 aromatic heterocycles. The summed E-state index contributed by atoms with van der Waals surface area (Å²) in [7, 11) is 0. The lowest BCUT2D eigenvalue weighted by molar-refractivity contribution is 0.0394. The van der Waals surface area contributed by atoms with E-state index >= 15 is 0 Å². The molecule has 0 spiro atoms. The molecular weight excluding hydrogens is 494 g/mol. The van der Waals surface area contributed by atoms with Crippen molar-refractivity contribution < 1.29 is 18.1 Å². The van der Waals surface area contributed by atoms with Crippen LogP contribution in [0.4, 0.5) is 8.78 Å². The van der Waals surface area contributed by atoms with Crippen LogP contribution >= 0.6 is 0 Å². The largest absolute Gasteiger partial charge is 0.593 e. The summed E-state index contributed by atoms with van der Waals surface area (Å²) < 4.78 is 44.5. The number of carbonyl (C=O) groups excluding carboxylic acids is 1. The summed E-state index contributed by atoms with van der Waals surface area (Å²) in [5.74, 6) is -0.885. The van der Waals surface area contributed by atoms with Gasteiger partial charge in [-0.05, 0) is 79.3 Å². The van der Waals surface area contributed by atoms with Crippen LogP contribution in [0.1, 0.15) is 28.2 Å². The second-order valence-electron chi connectivity index (χ2n) is 9.64. The number of halogens is 2. The zero-order valence-electron chi connectivity index (χ0n) is 19.9. The highest BCUT2D eigenvalue weighted by atomic mass is 32.2. The minimum Gasteiger partial charge on any atom is -0.593 e. The molecule has 3 unspecified atom stereocenters. The minimum atomic E-state index is -1.61. The third-order valence-corrected chi connectivity index (χ3v) is 8.96. The summed E-state index contributed by atoms with van der Waals surface area (Å²) in [6, 6.07) is 17.2. The quantitative estimate of drug-likeness (QED) is 0.286. The van der Waals surface area contributed by atoms with Gasteiger partial charge in [-0.15, -0.1) is 4.31 Å². The number of piperidine rings is 1. The summed E-state index contributed by atoms with van der Waals surface area (Å²) >= 11 is -1.61. The van der Waals surface area contributed by atoms with E-state index in [1.807, 2.05) is 4.68 Å². The number of aromatic nitrogens is 3. The van der Waals surface area contributed by atoms with Gasteiger partial charge in [-0.2, -0.15) is 5.10 Å². The second kappa shape index (κ2) is 9.48. The molecule has 1 aliphatic carbocycles. The predicted molar refractivity (Wildman–Crippen MR) is 134 cm³/mol. The van der Waals surface area contributed by atoms with Crippen LogP contribution < -0.4 is 0 Å². The Labute approximate surface area is 216 Å². The smallest absolute Gasteiger partial charge is 0.189 e. The maximum atomic E-state index is 14.1. The SMILES string of the molecule is O=C(c1ccccn1)C12Cc3cnn(-c4ccc(F)cc4)c3CC1CCN([S+]([O-])c1cccc(F)c1)C2. The van der Waals surface area contributed by atoms with E-state index in [2.05, 4.69) is 10.1 Å². The molecule has 0 radical (unpaired) electrons.